The second kappa shape index (κ2) is 19.4. The van der Waals surface area contributed by atoms with Crippen molar-refractivity contribution in [1.82, 2.24) is 24.7 Å². The molecular formula is C51H53ClN6O9. The lowest BCUT2D eigenvalue weighted by Gasteiger charge is -2.35. The molecule has 5 heterocycles. The van der Waals surface area contributed by atoms with Crippen LogP contribution in [0.4, 0.5) is 0 Å². The van der Waals surface area contributed by atoms with Crippen molar-refractivity contribution in [3.63, 3.8) is 0 Å². The van der Waals surface area contributed by atoms with Crippen LogP contribution in [0.25, 0.3) is 22.3 Å². The summed E-state index contributed by atoms with van der Waals surface area (Å²) < 4.78 is 18.8. The van der Waals surface area contributed by atoms with Crippen molar-refractivity contribution < 1.29 is 38.8 Å². The highest BCUT2D eigenvalue weighted by Gasteiger charge is 2.45. The number of amides is 2. The molecule has 2 amide bonds. The van der Waals surface area contributed by atoms with E-state index in [4.69, 9.17) is 36.1 Å². The third-order valence-corrected chi connectivity index (χ3v) is 14.0. The molecule has 9 rings (SSSR count). The first-order valence-corrected chi connectivity index (χ1v) is 23.5. The number of carbonyl (C=O) groups is 3. The van der Waals surface area contributed by atoms with E-state index in [-0.39, 0.29) is 66.0 Å². The fourth-order valence-corrected chi connectivity index (χ4v) is 9.91. The number of aromatic nitrogens is 2. The molecule has 3 N–H and O–H groups in total. The summed E-state index contributed by atoms with van der Waals surface area (Å²) in [5.74, 6) is 0.711. The van der Waals surface area contributed by atoms with E-state index in [1.807, 2.05) is 17.0 Å². The van der Waals surface area contributed by atoms with Gasteiger partial charge in [0.2, 0.25) is 5.91 Å². The first-order chi connectivity index (χ1) is 32.4. The summed E-state index contributed by atoms with van der Waals surface area (Å²) in [6.07, 6.45) is 6.13. The number of hydrogen-bond acceptors (Lipinski definition) is 12. The summed E-state index contributed by atoms with van der Waals surface area (Å²) in [6, 6.07) is 21.4. The third kappa shape index (κ3) is 9.43. The number of unbranched alkanes of at least 4 members (excludes halogenated alkanes) is 2. The number of phenolic OH excluding ortho intramolecular Hbond substituents is 1. The normalized spacial score (nSPS) is 20.0. The molecular weight excluding hydrogens is 876 g/mol. The molecule has 3 aromatic carbocycles. The summed E-state index contributed by atoms with van der Waals surface area (Å²) in [5, 5.41) is 35.7. The number of benzene rings is 3. The molecule has 0 bridgehead atoms. The second-order valence-electron chi connectivity index (χ2n) is 17.9. The molecule has 2 fully saturated rings. The highest BCUT2D eigenvalue weighted by atomic mass is 35.5. The Balaban J connectivity index is 0.690. The van der Waals surface area contributed by atoms with Gasteiger partial charge in [0.1, 0.15) is 29.9 Å². The maximum absolute atomic E-state index is 13.6. The number of halogens is 1. The van der Waals surface area contributed by atoms with Gasteiger partial charge in [-0.2, -0.15) is 5.26 Å². The Bertz CT molecular complexity index is 2830. The largest absolute Gasteiger partial charge is 0.508 e. The van der Waals surface area contributed by atoms with Crippen molar-refractivity contribution in [2.24, 2.45) is 0 Å². The number of phenols is 1. The Morgan fingerprint density at radius 2 is 1.73 bits per heavy atom. The van der Waals surface area contributed by atoms with E-state index >= 15 is 0 Å². The van der Waals surface area contributed by atoms with Crippen LogP contribution in [0, 0.1) is 11.3 Å². The van der Waals surface area contributed by atoms with Gasteiger partial charge in [-0.3, -0.25) is 19.3 Å². The lowest BCUT2D eigenvalue weighted by molar-refractivity contribution is -0.172. The lowest BCUT2D eigenvalue weighted by atomic mass is 9.86. The van der Waals surface area contributed by atoms with Crippen LogP contribution in [0.1, 0.15) is 103 Å². The van der Waals surface area contributed by atoms with Gasteiger partial charge in [0.25, 0.3) is 11.5 Å². The smallest absolute Gasteiger partial charge is 0.343 e. The van der Waals surface area contributed by atoms with Crippen LogP contribution in [0.2, 0.25) is 5.02 Å². The number of nitrogens with zero attached hydrogens (tertiary/aromatic N) is 5. The molecule has 0 spiro atoms. The van der Waals surface area contributed by atoms with Crippen molar-refractivity contribution in [2.75, 3.05) is 32.8 Å². The minimum absolute atomic E-state index is 0.0231. The Hall–Kier alpha value is -6.47. The van der Waals surface area contributed by atoms with E-state index in [0.717, 1.165) is 61.5 Å². The molecule has 1 aliphatic carbocycles. The molecule has 348 valence electrons. The molecule has 5 aromatic rings. The average molecular weight is 929 g/mol. The standard InChI is InChI=1S/C51H53ClN6O9/c1-2-51(64)41-26-44-47-33(28-58(44)49(62)40(41)30-66-50(51)63)24-38-39(45(59)18-17-43(38)55-47)29-56-19-21-57(22-20-56)46(60)6-4-3-5-23-65-35-12-7-31(8-13-35)48(61)54-34-10-15-36(16-11-34)67-37-14-9-32(27-53)42(52)25-37/h7-9,12-14,17-18,24-26,34,36,59,64H,2-6,10-11,15-16,19-23,28-30H2,1H3,(H,54,61)/t34?,36?,51-/m0/s1. The quantitative estimate of drug-likeness (QED) is 0.0773. The lowest BCUT2D eigenvalue weighted by Crippen LogP contribution is -2.48. The molecule has 0 radical (unpaired) electrons. The molecule has 1 saturated heterocycles. The summed E-state index contributed by atoms with van der Waals surface area (Å²) in [4.78, 5) is 61.4. The number of nitriles is 1. The minimum atomic E-state index is -1.90. The van der Waals surface area contributed by atoms with Crippen LogP contribution in [0.3, 0.4) is 0 Å². The number of esters is 1. The number of fused-ring (bicyclic) bond motifs is 5. The van der Waals surface area contributed by atoms with Gasteiger partial charge in [-0.25, -0.2) is 9.78 Å². The van der Waals surface area contributed by atoms with Crippen LogP contribution in [0.15, 0.2) is 71.5 Å². The molecule has 15 nitrogen and oxygen atoms in total. The molecule has 0 unspecified atom stereocenters. The zero-order valence-electron chi connectivity index (χ0n) is 37.4. The van der Waals surface area contributed by atoms with Crippen molar-refractivity contribution in [3.05, 3.63) is 115 Å². The van der Waals surface area contributed by atoms with Gasteiger partial charge in [-0.15, -0.1) is 0 Å². The first-order valence-electron chi connectivity index (χ1n) is 23.1. The Morgan fingerprint density at radius 3 is 2.46 bits per heavy atom. The maximum Gasteiger partial charge on any atom is 0.343 e. The van der Waals surface area contributed by atoms with Gasteiger partial charge < -0.3 is 39.2 Å². The highest BCUT2D eigenvalue weighted by molar-refractivity contribution is 6.31. The number of hydrogen-bond donors (Lipinski definition) is 3. The molecule has 1 saturated carbocycles. The van der Waals surface area contributed by atoms with Crippen LogP contribution < -0.4 is 20.3 Å². The number of carbonyl (C=O) groups excluding carboxylic acids is 3. The number of cyclic esters (lactones) is 1. The van der Waals surface area contributed by atoms with Crippen molar-refractivity contribution in [1.29, 1.82) is 5.26 Å². The predicted molar refractivity (Wildman–Crippen MR) is 249 cm³/mol. The number of pyridine rings is 2. The summed E-state index contributed by atoms with van der Waals surface area (Å²) >= 11 is 6.15. The number of aromatic hydroxyl groups is 1. The third-order valence-electron chi connectivity index (χ3n) is 13.7. The Labute approximate surface area is 392 Å². The van der Waals surface area contributed by atoms with Gasteiger partial charge in [0.05, 0.1) is 52.3 Å². The molecule has 4 aliphatic rings. The van der Waals surface area contributed by atoms with Crippen LogP contribution >= 0.6 is 11.6 Å². The second-order valence-corrected chi connectivity index (χ2v) is 18.3. The zero-order valence-corrected chi connectivity index (χ0v) is 38.1. The number of piperazine rings is 1. The summed E-state index contributed by atoms with van der Waals surface area (Å²) in [6.45, 7) is 5.18. The van der Waals surface area contributed by atoms with Crippen molar-refractivity contribution >= 4 is 40.3 Å². The van der Waals surface area contributed by atoms with Crippen LogP contribution in [-0.2, 0) is 39.6 Å². The SMILES string of the molecule is CC[C@@]1(O)C(=O)OCc2c1cc1n(c2=O)Cc2cc3c(CN4CCN(C(=O)CCCCCOc5ccc(C(=O)NC6CCC(Oc7ccc(C#N)c(Cl)c7)CC6)cc5)CC4)c(O)ccc3nc2-1. The average Bonchev–Trinajstić information content (AvgIpc) is 3.70. The Morgan fingerprint density at radius 1 is 0.970 bits per heavy atom. The summed E-state index contributed by atoms with van der Waals surface area (Å²) in [5.41, 5.74) is 2.59. The number of nitrogens with one attached hydrogen (secondary N) is 1. The number of ether oxygens (including phenoxy) is 3. The van der Waals surface area contributed by atoms with E-state index in [9.17, 15) is 29.4 Å². The minimum Gasteiger partial charge on any atom is -0.508 e. The zero-order chi connectivity index (χ0) is 46.8. The van der Waals surface area contributed by atoms with E-state index in [1.165, 1.54) is 0 Å². The van der Waals surface area contributed by atoms with Gasteiger partial charge >= 0.3 is 5.97 Å². The van der Waals surface area contributed by atoms with Gasteiger partial charge in [-0.05, 0) is 112 Å². The molecule has 2 aromatic heterocycles. The Kier molecular flexibility index (Phi) is 13.2. The highest BCUT2D eigenvalue weighted by Crippen LogP contribution is 2.40. The van der Waals surface area contributed by atoms with Crippen molar-refractivity contribution in [2.45, 2.75) is 102 Å². The molecule has 1 atom stereocenters. The van der Waals surface area contributed by atoms with Gasteiger partial charge in [0, 0.05) is 78.9 Å². The van der Waals surface area contributed by atoms with Gasteiger partial charge in [-0.1, -0.05) is 18.5 Å². The van der Waals surface area contributed by atoms with E-state index in [1.54, 1.807) is 72.2 Å². The van der Waals surface area contributed by atoms with E-state index in [2.05, 4.69) is 10.2 Å². The van der Waals surface area contributed by atoms with E-state index in [0.29, 0.717) is 90.3 Å². The monoisotopic (exact) mass is 928 g/mol. The maximum atomic E-state index is 13.6. The van der Waals surface area contributed by atoms with Crippen molar-refractivity contribution in [3.8, 4) is 34.7 Å². The number of rotatable bonds is 14. The summed E-state index contributed by atoms with van der Waals surface area (Å²) in [7, 11) is 0. The van der Waals surface area contributed by atoms with Gasteiger partial charge in [0.15, 0.2) is 5.60 Å². The fraction of sp³-hybridized carbons (Fsp3) is 0.412. The fourth-order valence-electron chi connectivity index (χ4n) is 9.70. The number of aliphatic hydroxyl groups is 1. The van der Waals surface area contributed by atoms with Crippen LogP contribution in [0.5, 0.6) is 17.2 Å². The molecule has 3 aliphatic heterocycles. The first kappa shape index (κ1) is 45.7. The van der Waals surface area contributed by atoms with Crippen LogP contribution in [-0.4, -0.2) is 92.3 Å². The topological polar surface area (TPSA) is 197 Å². The molecule has 67 heavy (non-hydrogen) atoms. The van der Waals surface area contributed by atoms with E-state index < -0.39 is 11.6 Å². The molecule has 16 heteroatoms. The predicted octanol–water partition coefficient (Wildman–Crippen LogP) is 6.71.